The standard InChI is InChI=1S/C20H20N8O3/c1-11-15(12(2)31-26-11)7-21-19(29)18-14-5-6-27(9-16(14)24-25-18)20(30)13-3-4-17-22-10-23-28(17)8-13/h3-4,8,10H,5-7,9H2,1-2H3,(H,21,29)(H,24,25). The number of aryl methyl sites for hydroxylation is 2. The first-order valence-corrected chi connectivity index (χ1v) is 9.86. The molecule has 31 heavy (non-hydrogen) atoms. The van der Waals surface area contributed by atoms with Crippen molar-refractivity contribution in [3.63, 3.8) is 0 Å². The number of nitrogens with one attached hydrogen (secondary N) is 2. The molecule has 0 radical (unpaired) electrons. The normalized spacial score (nSPS) is 13.4. The van der Waals surface area contributed by atoms with Gasteiger partial charge in [-0.15, -0.1) is 0 Å². The second-order valence-corrected chi connectivity index (χ2v) is 7.47. The summed E-state index contributed by atoms with van der Waals surface area (Å²) in [4.78, 5) is 31.5. The predicted molar refractivity (Wildman–Crippen MR) is 107 cm³/mol. The van der Waals surface area contributed by atoms with Crippen LogP contribution >= 0.6 is 0 Å². The molecule has 11 nitrogen and oxygen atoms in total. The Labute approximate surface area is 176 Å². The Morgan fingerprint density at radius 3 is 2.97 bits per heavy atom. The molecule has 1 aliphatic rings. The van der Waals surface area contributed by atoms with Crippen LogP contribution < -0.4 is 5.32 Å². The summed E-state index contributed by atoms with van der Waals surface area (Å²) in [7, 11) is 0. The predicted octanol–water partition coefficient (Wildman–Crippen LogP) is 1.19. The van der Waals surface area contributed by atoms with Gasteiger partial charge in [-0.1, -0.05) is 5.16 Å². The summed E-state index contributed by atoms with van der Waals surface area (Å²) in [6, 6.07) is 3.50. The van der Waals surface area contributed by atoms with Gasteiger partial charge < -0.3 is 14.7 Å². The summed E-state index contributed by atoms with van der Waals surface area (Å²) in [6.07, 6.45) is 3.65. The maximum atomic E-state index is 12.9. The number of pyridine rings is 1. The number of rotatable bonds is 4. The van der Waals surface area contributed by atoms with Gasteiger partial charge in [-0.05, 0) is 32.4 Å². The molecule has 0 bridgehead atoms. The third-order valence-electron chi connectivity index (χ3n) is 5.56. The highest BCUT2D eigenvalue weighted by Gasteiger charge is 2.28. The molecule has 5 heterocycles. The van der Waals surface area contributed by atoms with Crippen molar-refractivity contribution in [1.29, 1.82) is 0 Å². The van der Waals surface area contributed by atoms with Crippen LogP contribution in [0, 0.1) is 13.8 Å². The van der Waals surface area contributed by atoms with Crippen molar-refractivity contribution in [2.45, 2.75) is 33.4 Å². The van der Waals surface area contributed by atoms with E-state index in [4.69, 9.17) is 4.52 Å². The second kappa shape index (κ2) is 7.35. The first-order valence-electron chi connectivity index (χ1n) is 9.86. The van der Waals surface area contributed by atoms with Crippen LogP contribution in [0.1, 0.15) is 49.1 Å². The number of carbonyl (C=O) groups is 2. The highest BCUT2D eigenvalue weighted by atomic mass is 16.5. The van der Waals surface area contributed by atoms with E-state index in [-0.39, 0.29) is 11.8 Å². The van der Waals surface area contributed by atoms with E-state index in [0.29, 0.717) is 48.7 Å². The fourth-order valence-electron chi connectivity index (χ4n) is 3.81. The van der Waals surface area contributed by atoms with Gasteiger partial charge in [0.15, 0.2) is 11.3 Å². The smallest absolute Gasteiger partial charge is 0.272 e. The molecule has 2 amide bonds. The lowest BCUT2D eigenvalue weighted by Gasteiger charge is -2.26. The molecule has 0 aromatic carbocycles. The van der Waals surface area contributed by atoms with Crippen LogP contribution in [-0.2, 0) is 19.5 Å². The number of aromatic nitrogens is 6. The van der Waals surface area contributed by atoms with Crippen molar-refractivity contribution in [3.05, 3.63) is 64.2 Å². The molecule has 5 rings (SSSR count). The number of H-pyrrole nitrogens is 1. The molecular formula is C20H20N8O3. The quantitative estimate of drug-likeness (QED) is 0.506. The highest BCUT2D eigenvalue weighted by Crippen LogP contribution is 2.22. The monoisotopic (exact) mass is 420 g/mol. The van der Waals surface area contributed by atoms with Gasteiger partial charge in [0.25, 0.3) is 11.8 Å². The average molecular weight is 420 g/mol. The van der Waals surface area contributed by atoms with Crippen molar-refractivity contribution in [2.24, 2.45) is 0 Å². The molecule has 0 fully saturated rings. The van der Waals surface area contributed by atoms with E-state index in [2.05, 4.69) is 30.8 Å². The van der Waals surface area contributed by atoms with Gasteiger partial charge in [0.05, 0.1) is 23.5 Å². The lowest BCUT2D eigenvalue weighted by atomic mass is 10.0. The number of aromatic amines is 1. The molecule has 2 N–H and O–H groups in total. The molecule has 1 aliphatic heterocycles. The Kier molecular flexibility index (Phi) is 4.50. The van der Waals surface area contributed by atoms with E-state index in [9.17, 15) is 9.59 Å². The van der Waals surface area contributed by atoms with Crippen LogP contribution in [0.4, 0.5) is 0 Å². The van der Waals surface area contributed by atoms with Gasteiger partial charge >= 0.3 is 0 Å². The maximum Gasteiger partial charge on any atom is 0.272 e. The Hall–Kier alpha value is -4.02. The summed E-state index contributed by atoms with van der Waals surface area (Å²) >= 11 is 0. The van der Waals surface area contributed by atoms with E-state index in [1.807, 2.05) is 13.8 Å². The van der Waals surface area contributed by atoms with Crippen LogP contribution in [-0.4, -0.2) is 53.2 Å². The van der Waals surface area contributed by atoms with E-state index in [1.54, 1.807) is 27.7 Å². The minimum Gasteiger partial charge on any atom is -0.361 e. The van der Waals surface area contributed by atoms with E-state index < -0.39 is 0 Å². The van der Waals surface area contributed by atoms with E-state index in [0.717, 1.165) is 22.5 Å². The fraction of sp³-hybridized carbons (Fsp3) is 0.300. The lowest BCUT2D eigenvalue weighted by Crippen LogP contribution is -2.36. The van der Waals surface area contributed by atoms with Crippen molar-refractivity contribution in [3.8, 4) is 0 Å². The molecule has 11 heteroatoms. The van der Waals surface area contributed by atoms with Crippen LogP contribution in [0.15, 0.2) is 29.2 Å². The zero-order valence-corrected chi connectivity index (χ0v) is 17.0. The summed E-state index contributed by atoms with van der Waals surface area (Å²) in [5.74, 6) is 0.302. The van der Waals surface area contributed by atoms with Gasteiger partial charge in [0, 0.05) is 30.4 Å². The molecule has 158 valence electrons. The molecular weight excluding hydrogens is 400 g/mol. The van der Waals surface area contributed by atoms with Crippen molar-refractivity contribution in [2.75, 3.05) is 6.54 Å². The van der Waals surface area contributed by atoms with E-state index >= 15 is 0 Å². The highest BCUT2D eigenvalue weighted by molar-refractivity contribution is 5.95. The zero-order valence-electron chi connectivity index (χ0n) is 17.0. The second-order valence-electron chi connectivity index (χ2n) is 7.47. The Morgan fingerprint density at radius 2 is 2.16 bits per heavy atom. The maximum absolute atomic E-state index is 12.9. The van der Waals surface area contributed by atoms with Gasteiger partial charge in [-0.25, -0.2) is 9.50 Å². The first-order chi connectivity index (χ1) is 15.0. The van der Waals surface area contributed by atoms with Gasteiger partial charge in [0.1, 0.15) is 12.1 Å². The van der Waals surface area contributed by atoms with Crippen molar-refractivity contribution < 1.29 is 14.1 Å². The van der Waals surface area contributed by atoms with Crippen LogP contribution in [0.2, 0.25) is 0 Å². The molecule has 0 saturated carbocycles. The van der Waals surface area contributed by atoms with Gasteiger partial charge in [-0.3, -0.25) is 14.7 Å². The molecule has 0 atom stereocenters. The molecule has 0 aliphatic carbocycles. The fourth-order valence-corrected chi connectivity index (χ4v) is 3.81. The van der Waals surface area contributed by atoms with Gasteiger partial charge in [-0.2, -0.15) is 10.2 Å². The third kappa shape index (κ3) is 3.33. The average Bonchev–Trinajstić information content (AvgIpc) is 3.49. The van der Waals surface area contributed by atoms with Crippen LogP contribution in [0.25, 0.3) is 5.65 Å². The Balaban J connectivity index is 1.29. The zero-order chi connectivity index (χ0) is 21.5. The first kappa shape index (κ1) is 19.0. The van der Waals surface area contributed by atoms with Gasteiger partial charge in [0.2, 0.25) is 0 Å². The third-order valence-corrected chi connectivity index (χ3v) is 5.56. The molecule has 0 saturated heterocycles. The van der Waals surface area contributed by atoms with Crippen LogP contribution in [0.3, 0.4) is 0 Å². The van der Waals surface area contributed by atoms with Crippen LogP contribution in [0.5, 0.6) is 0 Å². The topological polar surface area (TPSA) is 134 Å². The number of carbonyl (C=O) groups excluding carboxylic acids is 2. The summed E-state index contributed by atoms with van der Waals surface area (Å²) in [5, 5.41) is 18.0. The molecule has 0 spiro atoms. The van der Waals surface area contributed by atoms with E-state index in [1.165, 1.54) is 6.33 Å². The number of hydrogen-bond acceptors (Lipinski definition) is 7. The Morgan fingerprint density at radius 1 is 1.29 bits per heavy atom. The summed E-state index contributed by atoms with van der Waals surface area (Å²) < 4.78 is 6.70. The number of hydrogen-bond donors (Lipinski definition) is 2. The number of nitrogens with zero attached hydrogens (tertiary/aromatic N) is 6. The van der Waals surface area contributed by atoms with Crippen molar-refractivity contribution >= 4 is 17.5 Å². The molecule has 4 aromatic rings. The number of amides is 2. The Bertz CT molecular complexity index is 1280. The van der Waals surface area contributed by atoms with Crippen molar-refractivity contribution in [1.82, 2.24) is 40.2 Å². The largest absolute Gasteiger partial charge is 0.361 e. The molecule has 4 aromatic heterocycles. The summed E-state index contributed by atoms with van der Waals surface area (Å²) in [6.45, 7) is 4.81. The SMILES string of the molecule is Cc1noc(C)c1CNC(=O)c1n[nH]c2c1CCN(C(=O)c1ccc3ncnn3c1)C2. The molecule has 0 unspecified atom stereocenters. The number of fused-ring (bicyclic) bond motifs is 2. The summed E-state index contributed by atoms with van der Waals surface area (Å²) in [5.41, 5.74) is 4.78. The minimum absolute atomic E-state index is 0.109. The lowest BCUT2D eigenvalue weighted by molar-refractivity contribution is 0.0732. The minimum atomic E-state index is -0.270.